The molecule has 0 aromatic rings. The maximum atomic E-state index is 14.0. The molecule has 0 heterocycles. The van der Waals surface area contributed by atoms with Gasteiger partial charge in [0.2, 0.25) is 0 Å². The van der Waals surface area contributed by atoms with Crippen LogP contribution in [0.2, 0.25) is 0 Å². The fourth-order valence-electron chi connectivity index (χ4n) is 9.62. The van der Waals surface area contributed by atoms with Crippen LogP contribution in [0.4, 0.5) is 0 Å². The third-order valence-corrected chi connectivity index (χ3v) is 13.9. The fourth-order valence-corrected chi connectivity index (χ4v) is 9.62. The number of esters is 1. The molecule has 2 heteroatoms. The molecule has 0 aromatic heterocycles. The highest BCUT2D eigenvalue weighted by molar-refractivity contribution is 5.72. The first-order valence-electron chi connectivity index (χ1n) is 28.9. The number of hydrogen-bond donors (Lipinski definition) is 0. The van der Waals surface area contributed by atoms with Crippen molar-refractivity contribution < 1.29 is 9.53 Å². The molecule has 1 unspecified atom stereocenters. The molecule has 2 nitrogen and oxygen atoms in total. The Hall–Kier alpha value is -0.530. The SMILES string of the molecule is CCCCCCCCCCCCCCCCC(CCCCCCCCCCCCCCCC)C(=O)OC(CCCCCCCCCC)CCCCCCCCCCCCC. The van der Waals surface area contributed by atoms with Gasteiger partial charge < -0.3 is 4.74 Å². The van der Waals surface area contributed by atoms with Gasteiger partial charge in [0.25, 0.3) is 0 Å². The van der Waals surface area contributed by atoms with E-state index in [-0.39, 0.29) is 18.0 Å². The van der Waals surface area contributed by atoms with Crippen molar-refractivity contribution in [1.29, 1.82) is 0 Å². The highest BCUT2D eigenvalue weighted by Crippen LogP contribution is 2.25. The van der Waals surface area contributed by atoms with E-state index < -0.39 is 0 Å². The summed E-state index contributed by atoms with van der Waals surface area (Å²) < 4.78 is 6.56. The van der Waals surface area contributed by atoms with E-state index in [4.69, 9.17) is 4.74 Å². The molecule has 0 saturated carbocycles. The third kappa shape index (κ3) is 47.0. The van der Waals surface area contributed by atoms with Gasteiger partial charge in [0.05, 0.1) is 5.92 Å². The van der Waals surface area contributed by atoms with Gasteiger partial charge in [-0.25, -0.2) is 0 Å². The first kappa shape index (κ1) is 59.5. The van der Waals surface area contributed by atoms with Gasteiger partial charge >= 0.3 is 5.97 Å². The highest BCUT2D eigenvalue weighted by atomic mass is 16.5. The van der Waals surface area contributed by atoms with E-state index in [2.05, 4.69) is 27.7 Å². The van der Waals surface area contributed by atoms with E-state index in [1.807, 2.05) is 0 Å². The quantitative estimate of drug-likeness (QED) is 0.0450. The topological polar surface area (TPSA) is 26.3 Å². The minimum atomic E-state index is 0.123. The van der Waals surface area contributed by atoms with Gasteiger partial charge in [-0.1, -0.05) is 317 Å². The van der Waals surface area contributed by atoms with Crippen LogP contribution in [0, 0.1) is 5.92 Å². The zero-order chi connectivity index (χ0) is 43.5. The molecule has 0 bridgehead atoms. The number of hydrogen-bond acceptors (Lipinski definition) is 2. The molecule has 0 aliphatic rings. The number of unbranched alkanes of at least 4 members (excludes halogenated alkanes) is 43. The van der Waals surface area contributed by atoms with Crippen LogP contribution in [0.15, 0.2) is 0 Å². The van der Waals surface area contributed by atoms with Gasteiger partial charge in [-0.2, -0.15) is 0 Å². The minimum absolute atomic E-state index is 0.123. The van der Waals surface area contributed by atoms with Crippen molar-refractivity contribution in [3.8, 4) is 0 Å². The summed E-state index contributed by atoms with van der Waals surface area (Å²) in [6.45, 7) is 9.23. The van der Waals surface area contributed by atoms with Gasteiger partial charge in [-0.15, -0.1) is 0 Å². The average Bonchev–Trinajstić information content (AvgIpc) is 3.25. The Morgan fingerprint density at radius 3 is 0.617 bits per heavy atom. The van der Waals surface area contributed by atoms with Gasteiger partial charge in [-0.05, 0) is 38.5 Å². The highest BCUT2D eigenvalue weighted by Gasteiger charge is 2.23. The molecule has 0 radical (unpaired) electrons. The van der Waals surface area contributed by atoms with Crippen LogP contribution in [0.1, 0.15) is 355 Å². The summed E-state index contributed by atoms with van der Waals surface area (Å²) in [7, 11) is 0. The summed E-state index contributed by atoms with van der Waals surface area (Å²) in [4.78, 5) is 14.0. The number of carbonyl (C=O) groups is 1. The molecule has 0 spiro atoms. The molecule has 0 aliphatic heterocycles. The average molecular weight is 846 g/mol. The Morgan fingerprint density at radius 1 is 0.250 bits per heavy atom. The lowest BCUT2D eigenvalue weighted by Crippen LogP contribution is -2.25. The third-order valence-electron chi connectivity index (χ3n) is 13.9. The molecular weight excluding hydrogens is 729 g/mol. The van der Waals surface area contributed by atoms with E-state index in [0.717, 1.165) is 25.7 Å². The lowest BCUT2D eigenvalue weighted by atomic mass is 9.93. The van der Waals surface area contributed by atoms with Crippen LogP contribution in [-0.2, 0) is 9.53 Å². The molecular formula is C58H116O2. The Labute approximate surface area is 381 Å². The van der Waals surface area contributed by atoms with E-state index >= 15 is 0 Å². The Morgan fingerprint density at radius 2 is 0.417 bits per heavy atom. The molecule has 0 amide bonds. The summed E-state index contributed by atoms with van der Waals surface area (Å²) >= 11 is 0. The summed E-state index contributed by atoms with van der Waals surface area (Å²) in [5.41, 5.74) is 0. The predicted molar refractivity (Wildman–Crippen MR) is 272 cm³/mol. The molecule has 360 valence electrons. The van der Waals surface area contributed by atoms with Crippen LogP contribution in [0.25, 0.3) is 0 Å². The van der Waals surface area contributed by atoms with Crippen LogP contribution < -0.4 is 0 Å². The van der Waals surface area contributed by atoms with Crippen molar-refractivity contribution in [3.05, 3.63) is 0 Å². The molecule has 0 N–H and O–H groups in total. The van der Waals surface area contributed by atoms with E-state index in [0.29, 0.717) is 0 Å². The van der Waals surface area contributed by atoms with Gasteiger partial charge in [0, 0.05) is 0 Å². The maximum absolute atomic E-state index is 14.0. The first-order chi connectivity index (χ1) is 29.7. The summed E-state index contributed by atoms with van der Waals surface area (Å²) in [5.74, 6) is 0.296. The number of carbonyl (C=O) groups excluding carboxylic acids is 1. The lowest BCUT2D eigenvalue weighted by molar-refractivity contribution is -0.155. The van der Waals surface area contributed by atoms with Crippen molar-refractivity contribution in [1.82, 2.24) is 0 Å². The van der Waals surface area contributed by atoms with Gasteiger partial charge in [0.15, 0.2) is 0 Å². The van der Waals surface area contributed by atoms with Crippen LogP contribution in [0.5, 0.6) is 0 Å². The van der Waals surface area contributed by atoms with Crippen LogP contribution in [0.3, 0.4) is 0 Å². The minimum Gasteiger partial charge on any atom is -0.462 e. The van der Waals surface area contributed by atoms with Crippen LogP contribution in [-0.4, -0.2) is 12.1 Å². The standard InChI is InChI=1S/C58H116O2/c1-5-9-13-17-21-25-28-30-32-35-37-40-44-48-52-56(53-49-45-41-38-36-33-31-29-26-22-18-14-10-6-2)58(59)60-57(54-50-46-42-24-20-16-12-8-4)55-51-47-43-39-34-27-23-19-15-11-7-3/h56-57H,5-55H2,1-4H3. The second-order valence-corrected chi connectivity index (χ2v) is 20.1. The Kier molecular flexibility index (Phi) is 52.3. The molecule has 0 aromatic carbocycles. The zero-order valence-electron chi connectivity index (χ0n) is 42.5. The predicted octanol–water partition coefficient (Wildman–Crippen LogP) is 21.5. The lowest BCUT2D eigenvalue weighted by Gasteiger charge is -2.22. The Bertz CT molecular complexity index is 745. The number of ether oxygens (including phenoxy) is 1. The molecule has 0 saturated heterocycles. The summed E-state index contributed by atoms with van der Waals surface area (Å²) in [6.07, 6.45) is 69.2. The molecule has 1 atom stereocenters. The Balaban J connectivity index is 4.82. The molecule has 60 heavy (non-hydrogen) atoms. The van der Waals surface area contributed by atoms with E-state index in [1.54, 1.807) is 0 Å². The molecule has 0 fully saturated rings. The normalized spacial score (nSPS) is 12.2. The summed E-state index contributed by atoms with van der Waals surface area (Å²) in [5, 5.41) is 0. The maximum Gasteiger partial charge on any atom is 0.309 e. The zero-order valence-corrected chi connectivity index (χ0v) is 42.5. The van der Waals surface area contributed by atoms with Crippen molar-refractivity contribution in [2.24, 2.45) is 5.92 Å². The van der Waals surface area contributed by atoms with Crippen LogP contribution >= 0.6 is 0 Å². The molecule has 0 aliphatic carbocycles. The second-order valence-electron chi connectivity index (χ2n) is 20.1. The molecule has 0 rings (SSSR count). The van der Waals surface area contributed by atoms with Crippen molar-refractivity contribution in [2.45, 2.75) is 361 Å². The van der Waals surface area contributed by atoms with E-state index in [9.17, 15) is 4.79 Å². The van der Waals surface area contributed by atoms with Gasteiger partial charge in [-0.3, -0.25) is 4.79 Å². The van der Waals surface area contributed by atoms with E-state index in [1.165, 1.54) is 302 Å². The smallest absolute Gasteiger partial charge is 0.309 e. The fraction of sp³-hybridized carbons (Fsp3) is 0.983. The van der Waals surface area contributed by atoms with Crippen molar-refractivity contribution >= 4 is 5.97 Å². The second kappa shape index (κ2) is 52.8. The monoisotopic (exact) mass is 845 g/mol. The van der Waals surface area contributed by atoms with Crippen molar-refractivity contribution in [3.63, 3.8) is 0 Å². The first-order valence-corrected chi connectivity index (χ1v) is 28.9. The largest absolute Gasteiger partial charge is 0.462 e. The van der Waals surface area contributed by atoms with Crippen molar-refractivity contribution in [2.75, 3.05) is 0 Å². The summed E-state index contributed by atoms with van der Waals surface area (Å²) in [6, 6.07) is 0. The van der Waals surface area contributed by atoms with Gasteiger partial charge in [0.1, 0.15) is 6.10 Å². The number of rotatable bonds is 53.